The number of anilines is 1. The van der Waals surface area contributed by atoms with Crippen molar-refractivity contribution < 1.29 is 13.6 Å². The Kier molecular flexibility index (Phi) is 3.08. The number of halogens is 2. The molecule has 1 aliphatic heterocycles. The van der Waals surface area contributed by atoms with Crippen LogP contribution in [0, 0.1) is 11.6 Å². The molecule has 1 aromatic carbocycles. The van der Waals surface area contributed by atoms with Crippen LogP contribution in [0.25, 0.3) is 0 Å². The summed E-state index contributed by atoms with van der Waals surface area (Å²) in [6.45, 7) is 0. The Morgan fingerprint density at radius 1 is 1.41 bits per heavy atom. The Morgan fingerprint density at radius 3 is 2.59 bits per heavy atom. The first-order chi connectivity index (χ1) is 8.09. The summed E-state index contributed by atoms with van der Waals surface area (Å²) in [5, 5.41) is 2.28. The summed E-state index contributed by atoms with van der Waals surface area (Å²) in [7, 11) is 1.74. The molecule has 0 saturated heterocycles. The molecule has 0 bridgehead atoms. The number of likely N-dealkylation sites (N-methyl/N-ethyl adjacent to an activating group) is 1. The number of benzene rings is 1. The first-order valence-electron chi connectivity index (χ1n) is 5.23. The van der Waals surface area contributed by atoms with Crippen LogP contribution in [0.5, 0.6) is 0 Å². The van der Waals surface area contributed by atoms with E-state index < -0.39 is 29.3 Å². The van der Waals surface area contributed by atoms with E-state index in [1.807, 2.05) is 6.08 Å². The van der Waals surface area contributed by atoms with E-state index in [0.29, 0.717) is 6.42 Å². The average molecular weight is 238 g/mol. The topological polar surface area (TPSA) is 32.3 Å². The van der Waals surface area contributed by atoms with Crippen molar-refractivity contribution in [2.45, 2.75) is 12.5 Å². The molecule has 0 spiro atoms. The van der Waals surface area contributed by atoms with Crippen molar-refractivity contribution in [1.82, 2.24) is 4.90 Å². The van der Waals surface area contributed by atoms with Gasteiger partial charge in [0.2, 0.25) is 5.91 Å². The molecule has 1 unspecified atom stereocenters. The van der Waals surface area contributed by atoms with Crippen LogP contribution in [0.4, 0.5) is 14.5 Å². The molecule has 5 heteroatoms. The van der Waals surface area contributed by atoms with E-state index in [0.717, 1.165) is 12.1 Å². The van der Waals surface area contributed by atoms with E-state index in [1.54, 1.807) is 18.1 Å². The van der Waals surface area contributed by atoms with Crippen LogP contribution >= 0.6 is 0 Å². The number of nitrogens with one attached hydrogen (secondary N) is 1. The largest absolute Gasteiger partial charge is 0.369 e. The van der Waals surface area contributed by atoms with E-state index in [2.05, 4.69) is 5.32 Å². The minimum atomic E-state index is -0.771. The summed E-state index contributed by atoms with van der Waals surface area (Å²) in [6, 6.07) is 3.06. The Hall–Kier alpha value is -1.91. The smallest absolute Gasteiger partial charge is 0.247 e. The van der Waals surface area contributed by atoms with Gasteiger partial charge in [0.15, 0.2) is 0 Å². The molecular weight excluding hydrogens is 226 g/mol. The van der Waals surface area contributed by atoms with Gasteiger partial charge in [-0.1, -0.05) is 12.1 Å². The molecule has 0 aromatic heterocycles. The molecule has 1 aromatic rings. The average Bonchev–Trinajstić information content (AvgIpc) is 2.70. The molecular formula is C12H12F2N2O. The molecule has 0 aliphatic carbocycles. The van der Waals surface area contributed by atoms with Crippen LogP contribution in [0.2, 0.25) is 0 Å². The SMILES string of the molecule is CN1C=CCC1C(=O)Nc1c(F)cccc1F. The summed E-state index contributed by atoms with van der Waals surface area (Å²) in [6.07, 6.45) is 4.14. The second-order valence-electron chi connectivity index (χ2n) is 3.89. The van der Waals surface area contributed by atoms with Gasteiger partial charge in [0, 0.05) is 7.05 Å². The summed E-state index contributed by atoms with van der Waals surface area (Å²) in [4.78, 5) is 13.5. The van der Waals surface area contributed by atoms with E-state index in [9.17, 15) is 13.6 Å². The van der Waals surface area contributed by atoms with Gasteiger partial charge < -0.3 is 10.2 Å². The lowest BCUT2D eigenvalue weighted by molar-refractivity contribution is -0.119. The maximum Gasteiger partial charge on any atom is 0.247 e. The number of rotatable bonds is 2. The Bertz CT molecular complexity index is 453. The van der Waals surface area contributed by atoms with Gasteiger partial charge in [-0.15, -0.1) is 0 Å². The van der Waals surface area contributed by atoms with Crippen LogP contribution in [0.3, 0.4) is 0 Å². The second kappa shape index (κ2) is 4.53. The highest BCUT2D eigenvalue weighted by atomic mass is 19.1. The van der Waals surface area contributed by atoms with Gasteiger partial charge in [-0.25, -0.2) is 8.78 Å². The van der Waals surface area contributed by atoms with E-state index >= 15 is 0 Å². The van der Waals surface area contributed by atoms with Crippen molar-refractivity contribution in [2.24, 2.45) is 0 Å². The lowest BCUT2D eigenvalue weighted by Crippen LogP contribution is -2.36. The number of carbonyl (C=O) groups is 1. The van der Waals surface area contributed by atoms with Crippen LogP contribution in [0.15, 0.2) is 30.5 Å². The number of carbonyl (C=O) groups excluding carboxylic acids is 1. The highest BCUT2D eigenvalue weighted by Gasteiger charge is 2.25. The molecule has 0 saturated carbocycles. The van der Waals surface area contributed by atoms with Crippen LogP contribution in [-0.2, 0) is 4.79 Å². The monoisotopic (exact) mass is 238 g/mol. The second-order valence-corrected chi connectivity index (χ2v) is 3.89. The Balaban J connectivity index is 2.13. The molecule has 0 fully saturated rings. The van der Waals surface area contributed by atoms with E-state index in [-0.39, 0.29) is 0 Å². The molecule has 1 N–H and O–H groups in total. The molecule has 1 amide bonds. The lowest BCUT2D eigenvalue weighted by Gasteiger charge is -2.20. The standard InChI is InChI=1S/C12H12F2N2O/c1-16-7-3-6-10(16)12(17)15-11-8(13)4-2-5-9(11)14/h2-5,7,10H,6H2,1H3,(H,15,17). The van der Waals surface area contributed by atoms with Crippen molar-refractivity contribution in [3.8, 4) is 0 Å². The third-order valence-electron chi connectivity index (χ3n) is 2.71. The van der Waals surface area contributed by atoms with Crippen molar-refractivity contribution in [3.05, 3.63) is 42.1 Å². The van der Waals surface area contributed by atoms with Gasteiger partial charge in [0.1, 0.15) is 23.4 Å². The zero-order valence-electron chi connectivity index (χ0n) is 9.28. The summed E-state index contributed by atoms with van der Waals surface area (Å²) < 4.78 is 26.6. The third kappa shape index (κ3) is 2.27. The first kappa shape index (κ1) is 11.6. The minimum absolute atomic E-state index is 0.391. The van der Waals surface area contributed by atoms with Gasteiger partial charge in [0.05, 0.1) is 0 Å². The number of amides is 1. The maximum atomic E-state index is 13.3. The molecule has 90 valence electrons. The number of nitrogens with zero attached hydrogens (tertiary/aromatic N) is 1. The quantitative estimate of drug-likeness (QED) is 0.856. The highest BCUT2D eigenvalue weighted by Crippen LogP contribution is 2.20. The number of hydrogen-bond acceptors (Lipinski definition) is 2. The molecule has 17 heavy (non-hydrogen) atoms. The van der Waals surface area contributed by atoms with Crippen LogP contribution < -0.4 is 5.32 Å². The van der Waals surface area contributed by atoms with Gasteiger partial charge in [-0.2, -0.15) is 0 Å². The molecule has 0 radical (unpaired) electrons. The van der Waals surface area contributed by atoms with Crippen LogP contribution in [-0.4, -0.2) is 23.9 Å². The van der Waals surface area contributed by atoms with Gasteiger partial charge in [0.25, 0.3) is 0 Å². The highest BCUT2D eigenvalue weighted by molar-refractivity contribution is 5.95. The zero-order valence-corrected chi connectivity index (χ0v) is 9.28. The first-order valence-corrected chi connectivity index (χ1v) is 5.23. The maximum absolute atomic E-state index is 13.3. The number of hydrogen-bond donors (Lipinski definition) is 1. The van der Waals surface area contributed by atoms with E-state index in [4.69, 9.17) is 0 Å². The fourth-order valence-corrected chi connectivity index (χ4v) is 1.74. The zero-order chi connectivity index (χ0) is 12.4. The molecule has 1 heterocycles. The van der Waals surface area contributed by atoms with E-state index in [1.165, 1.54) is 6.07 Å². The Labute approximate surface area is 97.7 Å². The molecule has 2 rings (SSSR count). The molecule has 1 atom stereocenters. The Morgan fingerprint density at radius 2 is 2.06 bits per heavy atom. The van der Waals surface area contributed by atoms with Gasteiger partial charge in [-0.3, -0.25) is 4.79 Å². The predicted molar refractivity (Wildman–Crippen MR) is 60.3 cm³/mol. The van der Waals surface area contributed by atoms with Crippen molar-refractivity contribution >= 4 is 11.6 Å². The molecule has 3 nitrogen and oxygen atoms in total. The fourth-order valence-electron chi connectivity index (χ4n) is 1.74. The number of para-hydroxylation sites is 1. The van der Waals surface area contributed by atoms with Crippen LogP contribution in [0.1, 0.15) is 6.42 Å². The van der Waals surface area contributed by atoms with Crippen molar-refractivity contribution in [2.75, 3.05) is 12.4 Å². The fraction of sp³-hybridized carbons (Fsp3) is 0.250. The predicted octanol–water partition coefficient (Wildman–Crippen LogP) is 2.12. The van der Waals surface area contributed by atoms with Gasteiger partial charge in [-0.05, 0) is 24.8 Å². The summed E-state index contributed by atoms with van der Waals surface area (Å²) in [5.41, 5.74) is -0.391. The third-order valence-corrected chi connectivity index (χ3v) is 2.71. The van der Waals surface area contributed by atoms with Crippen molar-refractivity contribution in [1.29, 1.82) is 0 Å². The normalized spacial score (nSPS) is 18.5. The summed E-state index contributed by atoms with van der Waals surface area (Å²) >= 11 is 0. The minimum Gasteiger partial charge on any atom is -0.369 e. The lowest BCUT2D eigenvalue weighted by atomic mass is 10.2. The van der Waals surface area contributed by atoms with Gasteiger partial charge >= 0.3 is 0 Å². The van der Waals surface area contributed by atoms with Crippen molar-refractivity contribution in [3.63, 3.8) is 0 Å². The summed E-state index contributed by atoms with van der Waals surface area (Å²) in [5.74, 6) is -1.96. The molecule has 1 aliphatic rings.